The molecule has 1 N–H and O–H groups in total. The Bertz CT molecular complexity index is 1030. The van der Waals surface area contributed by atoms with E-state index in [1.165, 1.54) is 24.3 Å². The zero-order valence-corrected chi connectivity index (χ0v) is 16.1. The zero-order valence-electron chi connectivity index (χ0n) is 14.4. The number of nitrogens with one attached hydrogen (secondary N) is 1. The lowest BCUT2D eigenvalue weighted by molar-refractivity contribution is -0.114. The molecule has 8 heteroatoms. The summed E-state index contributed by atoms with van der Waals surface area (Å²) in [6.45, 7) is 1.37. The molecule has 0 saturated heterocycles. The van der Waals surface area contributed by atoms with Gasteiger partial charge in [0.25, 0.3) is 10.0 Å². The van der Waals surface area contributed by atoms with Crippen LogP contribution in [0.4, 0.5) is 15.8 Å². The molecule has 0 aliphatic rings. The first-order valence-corrected chi connectivity index (χ1v) is 10.4. The standard InChI is InChI=1S/C19H17FN2O3S2/c1-14-8-10-15(11-9-14)21-18(23)13-22(17-6-3-2-5-16(17)20)27(24,25)19-7-4-12-26-19/h2-12H,13H2,1H3,(H,21,23). The van der Waals surface area contributed by atoms with Crippen LogP contribution in [0.25, 0.3) is 0 Å². The predicted octanol–water partition coefficient (Wildman–Crippen LogP) is 4.03. The van der Waals surface area contributed by atoms with Crippen LogP contribution in [0.2, 0.25) is 0 Å². The van der Waals surface area contributed by atoms with Gasteiger partial charge in [-0.25, -0.2) is 12.8 Å². The summed E-state index contributed by atoms with van der Waals surface area (Å²) >= 11 is 1.01. The van der Waals surface area contributed by atoms with E-state index in [1.807, 2.05) is 19.1 Å². The number of amides is 1. The predicted molar refractivity (Wildman–Crippen MR) is 105 cm³/mol. The molecule has 0 fully saturated rings. The van der Waals surface area contributed by atoms with Crippen molar-refractivity contribution in [3.63, 3.8) is 0 Å². The van der Waals surface area contributed by atoms with Crippen LogP contribution in [-0.2, 0) is 14.8 Å². The van der Waals surface area contributed by atoms with Gasteiger partial charge in [0.1, 0.15) is 16.6 Å². The zero-order chi connectivity index (χ0) is 19.4. The van der Waals surface area contributed by atoms with E-state index in [1.54, 1.807) is 23.6 Å². The lowest BCUT2D eigenvalue weighted by atomic mass is 10.2. The molecule has 3 rings (SSSR count). The van der Waals surface area contributed by atoms with Crippen LogP contribution in [-0.4, -0.2) is 20.9 Å². The van der Waals surface area contributed by atoms with E-state index in [2.05, 4.69) is 5.32 Å². The number of aryl methyl sites for hydroxylation is 1. The molecule has 1 amide bonds. The number of benzene rings is 2. The molecule has 27 heavy (non-hydrogen) atoms. The lowest BCUT2D eigenvalue weighted by Gasteiger charge is -2.23. The van der Waals surface area contributed by atoms with Crippen molar-refractivity contribution in [2.75, 3.05) is 16.2 Å². The molecule has 3 aromatic rings. The SMILES string of the molecule is Cc1ccc(NC(=O)CN(c2ccccc2F)S(=O)(=O)c2cccs2)cc1. The molecule has 0 bridgehead atoms. The Labute approximate surface area is 161 Å². The lowest BCUT2D eigenvalue weighted by Crippen LogP contribution is -2.38. The summed E-state index contributed by atoms with van der Waals surface area (Å²) in [7, 11) is -4.08. The molecule has 0 radical (unpaired) electrons. The summed E-state index contributed by atoms with van der Waals surface area (Å²) in [5, 5.41) is 4.25. The number of nitrogens with zero attached hydrogens (tertiary/aromatic N) is 1. The number of halogens is 1. The number of anilines is 2. The van der Waals surface area contributed by atoms with Crippen molar-refractivity contribution in [2.24, 2.45) is 0 Å². The maximum absolute atomic E-state index is 14.3. The Balaban J connectivity index is 1.92. The molecule has 1 aromatic heterocycles. The highest BCUT2D eigenvalue weighted by atomic mass is 32.2. The largest absolute Gasteiger partial charge is 0.325 e. The molecule has 0 saturated carbocycles. The highest BCUT2D eigenvalue weighted by Crippen LogP contribution is 2.28. The summed E-state index contributed by atoms with van der Waals surface area (Å²) < 4.78 is 41.1. The van der Waals surface area contributed by atoms with E-state index in [9.17, 15) is 17.6 Å². The molecule has 1 heterocycles. The van der Waals surface area contributed by atoms with Gasteiger partial charge in [0, 0.05) is 5.69 Å². The highest BCUT2D eigenvalue weighted by Gasteiger charge is 2.29. The second-order valence-corrected chi connectivity index (χ2v) is 8.85. The van der Waals surface area contributed by atoms with E-state index in [0.29, 0.717) is 5.69 Å². The second-order valence-electron chi connectivity index (χ2n) is 5.81. The van der Waals surface area contributed by atoms with Crippen molar-refractivity contribution >= 4 is 38.6 Å². The quantitative estimate of drug-likeness (QED) is 0.675. The van der Waals surface area contributed by atoms with Crippen LogP contribution in [0, 0.1) is 12.7 Å². The molecule has 2 aromatic carbocycles. The third-order valence-electron chi connectivity index (χ3n) is 3.78. The molecule has 0 aliphatic carbocycles. The Morgan fingerprint density at radius 1 is 1.07 bits per heavy atom. The molecule has 5 nitrogen and oxygen atoms in total. The van der Waals surface area contributed by atoms with E-state index in [-0.39, 0.29) is 9.90 Å². The van der Waals surface area contributed by atoms with Crippen LogP contribution < -0.4 is 9.62 Å². The van der Waals surface area contributed by atoms with E-state index < -0.39 is 28.3 Å². The van der Waals surface area contributed by atoms with Crippen molar-refractivity contribution in [2.45, 2.75) is 11.1 Å². The van der Waals surface area contributed by atoms with Gasteiger partial charge in [0.2, 0.25) is 5.91 Å². The fraction of sp³-hybridized carbons (Fsp3) is 0.105. The average Bonchev–Trinajstić information content (AvgIpc) is 3.18. The molecule has 0 atom stereocenters. The minimum atomic E-state index is -4.08. The van der Waals surface area contributed by atoms with E-state index in [4.69, 9.17) is 0 Å². The van der Waals surface area contributed by atoms with Crippen LogP contribution in [0.3, 0.4) is 0 Å². The number of hydrogen-bond donors (Lipinski definition) is 1. The number of hydrogen-bond acceptors (Lipinski definition) is 4. The number of carbonyl (C=O) groups is 1. The minimum absolute atomic E-state index is 0.0360. The van der Waals surface area contributed by atoms with E-state index in [0.717, 1.165) is 27.3 Å². The van der Waals surface area contributed by atoms with Crippen LogP contribution in [0.15, 0.2) is 70.3 Å². The summed E-state index contributed by atoms with van der Waals surface area (Å²) in [6, 6.07) is 15.6. The first kappa shape index (κ1) is 19.1. The van der Waals surface area contributed by atoms with Crippen LogP contribution in [0.5, 0.6) is 0 Å². The minimum Gasteiger partial charge on any atom is -0.325 e. The van der Waals surface area contributed by atoms with Crippen molar-refractivity contribution in [3.8, 4) is 0 Å². The Kier molecular flexibility index (Phi) is 5.57. The van der Waals surface area contributed by atoms with Gasteiger partial charge >= 0.3 is 0 Å². The number of para-hydroxylation sites is 1. The molecule has 140 valence electrons. The third-order valence-corrected chi connectivity index (χ3v) is 6.92. The van der Waals surface area contributed by atoms with Crippen molar-refractivity contribution in [3.05, 3.63) is 77.4 Å². The van der Waals surface area contributed by atoms with Crippen LogP contribution >= 0.6 is 11.3 Å². The van der Waals surface area contributed by atoms with Gasteiger partial charge in [0.15, 0.2) is 0 Å². The van der Waals surface area contributed by atoms with Gasteiger partial charge in [-0.1, -0.05) is 35.9 Å². The number of carbonyl (C=O) groups excluding carboxylic acids is 1. The van der Waals surface area contributed by atoms with Gasteiger partial charge in [-0.05, 0) is 42.6 Å². The van der Waals surface area contributed by atoms with Crippen molar-refractivity contribution in [1.82, 2.24) is 0 Å². The molecular weight excluding hydrogens is 387 g/mol. The fourth-order valence-electron chi connectivity index (χ4n) is 2.44. The van der Waals surface area contributed by atoms with Gasteiger partial charge in [0.05, 0.1) is 5.69 Å². The molecule has 0 aliphatic heterocycles. The smallest absolute Gasteiger partial charge is 0.274 e. The highest BCUT2D eigenvalue weighted by molar-refractivity contribution is 7.94. The maximum Gasteiger partial charge on any atom is 0.274 e. The summed E-state index contributed by atoms with van der Waals surface area (Å²) in [6.07, 6.45) is 0. The topological polar surface area (TPSA) is 66.5 Å². The van der Waals surface area contributed by atoms with Crippen molar-refractivity contribution < 1.29 is 17.6 Å². The maximum atomic E-state index is 14.3. The average molecular weight is 404 g/mol. The number of thiophene rings is 1. The molecular formula is C19H17FN2O3S2. The summed E-state index contributed by atoms with van der Waals surface area (Å²) in [5.41, 5.74) is 1.39. The van der Waals surface area contributed by atoms with E-state index >= 15 is 0 Å². The molecule has 0 unspecified atom stereocenters. The third kappa shape index (κ3) is 4.35. The Morgan fingerprint density at radius 3 is 2.41 bits per heavy atom. The number of sulfonamides is 1. The second kappa shape index (κ2) is 7.89. The monoisotopic (exact) mass is 404 g/mol. The summed E-state index contributed by atoms with van der Waals surface area (Å²) in [5.74, 6) is -1.29. The first-order valence-electron chi connectivity index (χ1n) is 8.05. The van der Waals surface area contributed by atoms with Gasteiger partial charge < -0.3 is 5.32 Å². The Hall–Kier alpha value is -2.71. The first-order chi connectivity index (χ1) is 12.9. The van der Waals surface area contributed by atoms with Gasteiger partial charge in [-0.2, -0.15) is 0 Å². The van der Waals surface area contributed by atoms with Crippen molar-refractivity contribution in [1.29, 1.82) is 0 Å². The van der Waals surface area contributed by atoms with Gasteiger partial charge in [-0.3, -0.25) is 9.10 Å². The van der Waals surface area contributed by atoms with Crippen LogP contribution in [0.1, 0.15) is 5.56 Å². The molecule has 0 spiro atoms. The fourth-order valence-corrected chi connectivity index (χ4v) is 4.97. The number of rotatable bonds is 6. The van der Waals surface area contributed by atoms with Gasteiger partial charge in [-0.15, -0.1) is 11.3 Å². The summed E-state index contributed by atoms with van der Waals surface area (Å²) in [4.78, 5) is 12.5. The Morgan fingerprint density at radius 2 is 1.78 bits per heavy atom. The normalized spacial score (nSPS) is 11.2.